The highest BCUT2D eigenvalue weighted by atomic mass is 35.5. The zero-order valence-electron chi connectivity index (χ0n) is 16.1. The van der Waals surface area contributed by atoms with Gasteiger partial charge in [-0.25, -0.2) is 0 Å². The van der Waals surface area contributed by atoms with Gasteiger partial charge in [0.25, 0.3) is 0 Å². The molecule has 6 heteroatoms. The Labute approximate surface area is 162 Å². The summed E-state index contributed by atoms with van der Waals surface area (Å²) in [5, 5.41) is 3.79. The van der Waals surface area contributed by atoms with Crippen molar-refractivity contribution in [3.8, 4) is 5.75 Å². The molecule has 1 N–H and O–H groups in total. The van der Waals surface area contributed by atoms with E-state index in [1.807, 2.05) is 25.1 Å². The molecule has 2 rings (SSSR count). The van der Waals surface area contributed by atoms with Crippen molar-refractivity contribution in [2.45, 2.75) is 39.7 Å². The fourth-order valence-electron chi connectivity index (χ4n) is 3.19. The zero-order chi connectivity index (χ0) is 18.9. The lowest BCUT2D eigenvalue weighted by atomic mass is 10.0. The van der Waals surface area contributed by atoms with E-state index in [9.17, 15) is 4.79 Å². The van der Waals surface area contributed by atoms with Crippen molar-refractivity contribution in [3.05, 3.63) is 28.8 Å². The number of carbonyl (C=O) groups is 1. The molecular formula is C20H31ClN2O3. The lowest BCUT2D eigenvalue weighted by molar-refractivity contribution is -0.121. The predicted molar refractivity (Wildman–Crippen MR) is 105 cm³/mol. The monoisotopic (exact) mass is 382 g/mol. The van der Waals surface area contributed by atoms with Gasteiger partial charge in [0.15, 0.2) is 0 Å². The number of nitrogens with zero attached hydrogens (tertiary/aromatic N) is 1. The van der Waals surface area contributed by atoms with E-state index in [0.29, 0.717) is 43.0 Å². The lowest BCUT2D eigenvalue weighted by Gasteiger charge is -2.36. The molecule has 1 aromatic carbocycles. The van der Waals surface area contributed by atoms with Crippen molar-refractivity contribution in [2.75, 3.05) is 39.5 Å². The van der Waals surface area contributed by atoms with Crippen LogP contribution in [0.4, 0.5) is 0 Å². The van der Waals surface area contributed by atoms with Crippen molar-refractivity contribution in [1.29, 1.82) is 0 Å². The molecule has 146 valence electrons. The Hall–Kier alpha value is -1.30. The molecule has 0 radical (unpaired) electrons. The minimum Gasteiger partial charge on any atom is -0.493 e. The molecule has 1 fully saturated rings. The van der Waals surface area contributed by atoms with Gasteiger partial charge in [0, 0.05) is 37.1 Å². The molecule has 1 amide bonds. The number of morpholine rings is 1. The number of benzene rings is 1. The first-order chi connectivity index (χ1) is 12.5. The summed E-state index contributed by atoms with van der Waals surface area (Å²) in [6, 6.07) is 5.92. The topological polar surface area (TPSA) is 50.8 Å². The van der Waals surface area contributed by atoms with Crippen LogP contribution in [0, 0.1) is 12.8 Å². The summed E-state index contributed by atoms with van der Waals surface area (Å²) in [6.45, 7) is 11.0. The average Bonchev–Trinajstić information content (AvgIpc) is 2.61. The first-order valence-electron chi connectivity index (χ1n) is 9.45. The normalized spacial score (nSPS) is 16.5. The quantitative estimate of drug-likeness (QED) is 0.666. The van der Waals surface area contributed by atoms with Crippen molar-refractivity contribution in [3.63, 3.8) is 0 Å². The Balaban J connectivity index is 1.67. The second kappa shape index (κ2) is 10.8. The highest BCUT2D eigenvalue weighted by Crippen LogP contribution is 2.22. The molecular weight excluding hydrogens is 352 g/mol. The molecule has 1 atom stereocenters. The summed E-state index contributed by atoms with van der Waals surface area (Å²) in [5.41, 5.74) is 1.01. The summed E-state index contributed by atoms with van der Waals surface area (Å²) in [7, 11) is 0. The predicted octanol–water partition coefficient (Wildman–Crippen LogP) is 3.28. The third kappa shape index (κ3) is 6.78. The molecule has 0 aliphatic carbocycles. The maximum atomic E-state index is 12.1. The van der Waals surface area contributed by atoms with Crippen LogP contribution in [-0.4, -0.2) is 56.3 Å². The van der Waals surface area contributed by atoms with Gasteiger partial charge < -0.3 is 14.8 Å². The van der Waals surface area contributed by atoms with Gasteiger partial charge in [-0.1, -0.05) is 25.4 Å². The molecule has 26 heavy (non-hydrogen) atoms. The lowest BCUT2D eigenvalue weighted by Crippen LogP contribution is -2.51. The van der Waals surface area contributed by atoms with Gasteiger partial charge >= 0.3 is 0 Å². The maximum Gasteiger partial charge on any atom is 0.220 e. The number of rotatable bonds is 9. The van der Waals surface area contributed by atoms with Gasteiger partial charge in [-0.3, -0.25) is 9.69 Å². The molecule has 0 saturated carbocycles. The van der Waals surface area contributed by atoms with E-state index in [-0.39, 0.29) is 5.91 Å². The Bertz CT molecular complexity index is 574. The fourth-order valence-corrected chi connectivity index (χ4v) is 3.42. The van der Waals surface area contributed by atoms with Crippen molar-refractivity contribution in [1.82, 2.24) is 10.2 Å². The molecule has 5 nitrogen and oxygen atoms in total. The highest BCUT2D eigenvalue weighted by Gasteiger charge is 2.24. The van der Waals surface area contributed by atoms with E-state index in [2.05, 4.69) is 24.1 Å². The Morgan fingerprint density at radius 3 is 2.73 bits per heavy atom. The Kier molecular flexibility index (Phi) is 8.69. The van der Waals surface area contributed by atoms with Gasteiger partial charge in [-0.05, 0) is 43.0 Å². The average molecular weight is 383 g/mol. The number of nitrogens with one attached hydrogen (secondary N) is 1. The summed E-state index contributed by atoms with van der Waals surface area (Å²) < 4.78 is 11.2. The van der Waals surface area contributed by atoms with Gasteiger partial charge in [-0.15, -0.1) is 0 Å². The Morgan fingerprint density at radius 1 is 1.35 bits per heavy atom. The maximum absolute atomic E-state index is 12.1. The van der Waals surface area contributed by atoms with Crippen molar-refractivity contribution >= 4 is 17.5 Å². The number of hydrogen-bond donors (Lipinski definition) is 1. The highest BCUT2D eigenvalue weighted by molar-refractivity contribution is 6.30. The number of aryl methyl sites for hydroxylation is 1. The largest absolute Gasteiger partial charge is 0.493 e. The minimum atomic E-state index is 0.0836. The van der Waals surface area contributed by atoms with Crippen LogP contribution in [0.1, 0.15) is 32.3 Å². The number of ether oxygens (including phenoxy) is 2. The van der Waals surface area contributed by atoms with Crippen LogP contribution in [0.25, 0.3) is 0 Å². The third-order valence-corrected chi connectivity index (χ3v) is 4.97. The molecule has 1 unspecified atom stereocenters. The first-order valence-corrected chi connectivity index (χ1v) is 9.82. The smallest absolute Gasteiger partial charge is 0.220 e. The van der Waals surface area contributed by atoms with Crippen molar-refractivity contribution in [2.24, 2.45) is 5.92 Å². The number of halogens is 1. The Morgan fingerprint density at radius 2 is 2.08 bits per heavy atom. The second-order valence-corrected chi connectivity index (χ2v) is 7.56. The van der Waals surface area contributed by atoms with Gasteiger partial charge in [0.2, 0.25) is 5.91 Å². The van der Waals surface area contributed by atoms with Crippen LogP contribution in [-0.2, 0) is 9.53 Å². The molecule has 0 spiro atoms. The molecule has 1 aliphatic heterocycles. The van der Waals surface area contributed by atoms with Crippen molar-refractivity contribution < 1.29 is 14.3 Å². The minimum absolute atomic E-state index is 0.0836. The fraction of sp³-hybridized carbons (Fsp3) is 0.650. The SMILES string of the molecule is Cc1cc(Cl)ccc1OCCCC(=O)NCC(C(C)C)N1CCOCC1. The first kappa shape index (κ1) is 21.0. The summed E-state index contributed by atoms with van der Waals surface area (Å²) in [6.07, 6.45) is 1.17. The van der Waals surface area contributed by atoms with Crippen LogP contribution >= 0.6 is 11.6 Å². The van der Waals surface area contributed by atoms with E-state index in [1.54, 1.807) is 0 Å². The van der Waals surface area contributed by atoms with Crippen LogP contribution in [0.2, 0.25) is 5.02 Å². The van der Waals surface area contributed by atoms with E-state index in [0.717, 1.165) is 37.6 Å². The number of carbonyl (C=O) groups excluding carboxylic acids is 1. The molecule has 1 aliphatic rings. The van der Waals surface area contributed by atoms with E-state index in [4.69, 9.17) is 21.1 Å². The van der Waals surface area contributed by atoms with E-state index in [1.165, 1.54) is 0 Å². The van der Waals surface area contributed by atoms with Crippen LogP contribution < -0.4 is 10.1 Å². The summed E-state index contributed by atoms with van der Waals surface area (Å²) in [4.78, 5) is 14.6. The number of amides is 1. The van der Waals surface area contributed by atoms with E-state index < -0.39 is 0 Å². The summed E-state index contributed by atoms with van der Waals surface area (Å²) >= 11 is 5.94. The molecule has 1 saturated heterocycles. The zero-order valence-corrected chi connectivity index (χ0v) is 16.8. The standard InChI is InChI=1S/C20H31ClN2O3/c1-15(2)18(23-8-11-25-12-9-23)14-22-20(24)5-4-10-26-19-7-6-17(21)13-16(19)3/h6-7,13,15,18H,4-5,8-12,14H2,1-3H3,(H,22,24). The molecule has 0 aromatic heterocycles. The van der Waals surface area contributed by atoms with E-state index >= 15 is 0 Å². The van der Waals surface area contributed by atoms with Crippen LogP contribution in [0.5, 0.6) is 5.75 Å². The molecule has 1 heterocycles. The van der Waals surface area contributed by atoms with Crippen LogP contribution in [0.3, 0.4) is 0 Å². The summed E-state index contributed by atoms with van der Waals surface area (Å²) in [5.74, 6) is 1.40. The number of hydrogen-bond acceptors (Lipinski definition) is 4. The van der Waals surface area contributed by atoms with Gasteiger partial charge in [0.1, 0.15) is 5.75 Å². The van der Waals surface area contributed by atoms with Crippen LogP contribution in [0.15, 0.2) is 18.2 Å². The molecule has 0 bridgehead atoms. The van der Waals surface area contributed by atoms with Gasteiger partial charge in [-0.2, -0.15) is 0 Å². The molecule has 1 aromatic rings. The third-order valence-electron chi connectivity index (χ3n) is 4.74. The second-order valence-electron chi connectivity index (χ2n) is 7.13. The van der Waals surface area contributed by atoms with Gasteiger partial charge in [0.05, 0.1) is 19.8 Å².